The molecule has 3 N–H and O–H groups in total. The fraction of sp³-hybridized carbons (Fsp3) is 0.320. The van der Waals surface area contributed by atoms with Gasteiger partial charge in [-0.05, 0) is 192 Å². The summed E-state index contributed by atoms with van der Waals surface area (Å²) >= 11 is 26.0. The molecule has 3 aliphatic heterocycles. The molecular weight excluding hydrogens is 1530 g/mol. The Balaban J connectivity index is 0.000000132. The van der Waals surface area contributed by atoms with E-state index < -0.39 is 0 Å². The van der Waals surface area contributed by atoms with Gasteiger partial charge in [-0.25, -0.2) is 29.9 Å². The maximum absolute atomic E-state index is 6.63. The number of piperidine rings is 1. The van der Waals surface area contributed by atoms with E-state index in [1.165, 1.54) is 65.7 Å². The maximum atomic E-state index is 6.63. The number of likely N-dealkylation sites (tertiary alicyclic amines) is 1. The Morgan fingerprint density at radius 1 is 0.325 bits per heavy atom. The molecule has 12 aromatic rings. The number of halogens is 4. The van der Waals surface area contributed by atoms with Crippen molar-refractivity contribution in [3.63, 3.8) is 0 Å². The third-order valence-electron chi connectivity index (χ3n) is 23.9. The fourth-order valence-corrected chi connectivity index (χ4v) is 18.4. The number of fused-ring (bicyclic) bond motifs is 9. The van der Waals surface area contributed by atoms with Gasteiger partial charge in [0.1, 0.15) is 0 Å². The van der Waals surface area contributed by atoms with Gasteiger partial charge in [-0.3, -0.25) is 9.80 Å². The van der Waals surface area contributed by atoms with E-state index in [1.807, 2.05) is 61.1 Å². The van der Waals surface area contributed by atoms with Crippen LogP contribution in [0.4, 0.5) is 34.9 Å². The average molecular weight is 1640 g/mol. The molecule has 6 aliphatic rings. The molecule has 0 amide bonds. The van der Waals surface area contributed by atoms with E-state index >= 15 is 0 Å². The van der Waals surface area contributed by atoms with Crippen LogP contribution in [-0.4, -0.2) is 180 Å². The fourth-order valence-electron chi connectivity index (χ4n) is 17.3. The zero-order valence-corrected chi connectivity index (χ0v) is 69.8. The largest absolute Gasteiger partial charge is 0.383 e. The first-order valence-corrected chi connectivity index (χ1v) is 43.0. The molecule has 20 heteroatoms. The first kappa shape index (κ1) is 81.3. The topological polar surface area (TPSA) is 148 Å². The van der Waals surface area contributed by atoms with Crippen LogP contribution in [0.15, 0.2) is 231 Å². The van der Waals surface area contributed by atoms with Crippen LogP contribution in [0, 0.1) is 0 Å². The molecule has 0 spiro atoms. The molecule has 1 unspecified atom stereocenters. The molecule has 3 aliphatic carbocycles. The zero-order valence-electron chi connectivity index (χ0n) is 66.8. The van der Waals surface area contributed by atoms with E-state index in [4.69, 9.17) is 70.8 Å². The third-order valence-corrected chi connectivity index (χ3v) is 25.2. The third kappa shape index (κ3) is 20.4. The number of anilines is 6. The lowest BCUT2D eigenvalue weighted by Gasteiger charge is -2.34. The van der Waals surface area contributed by atoms with Gasteiger partial charge in [0, 0.05) is 189 Å². The summed E-state index contributed by atoms with van der Waals surface area (Å²) in [5, 5.41) is 13.2. The number of nitrogens with zero attached hydrogens (tertiary/aromatic N) is 11. The second-order valence-corrected chi connectivity index (χ2v) is 33.1. The first-order chi connectivity index (χ1) is 57.5. The van der Waals surface area contributed by atoms with E-state index in [2.05, 4.69) is 225 Å². The predicted octanol–water partition coefficient (Wildman–Crippen LogP) is 20.0. The van der Waals surface area contributed by atoms with E-state index in [-0.39, 0.29) is 17.8 Å². The number of ether oxygens (including phenoxy) is 2. The Kier molecular flexibility index (Phi) is 27.3. The van der Waals surface area contributed by atoms with Crippen molar-refractivity contribution in [1.82, 2.24) is 54.4 Å². The van der Waals surface area contributed by atoms with Gasteiger partial charge >= 0.3 is 0 Å². The van der Waals surface area contributed by atoms with Crippen molar-refractivity contribution in [1.29, 1.82) is 0 Å². The summed E-state index contributed by atoms with van der Waals surface area (Å²) in [4.78, 5) is 41.6. The Morgan fingerprint density at radius 2 is 0.632 bits per heavy atom. The van der Waals surface area contributed by atoms with Crippen LogP contribution in [0.5, 0.6) is 0 Å². The molecule has 3 fully saturated rings. The average Bonchev–Trinajstić information content (AvgIpc) is 0.766. The number of rotatable bonds is 24. The first-order valence-electron chi connectivity index (χ1n) is 41.5. The minimum absolute atomic E-state index is 0.123. The van der Waals surface area contributed by atoms with Crippen molar-refractivity contribution >= 4 is 81.3 Å². The highest BCUT2D eigenvalue weighted by Gasteiger charge is 2.33. The molecule has 600 valence electrons. The van der Waals surface area contributed by atoms with Crippen LogP contribution in [-0.2, 0) is 48.0 Å². The van der Waals surface area contributed by atoms with E-state index in [0.29, 0.717) is 27.9 Å². The summed E-state index contributed by atoms with van der Waals surface area (Å²) in [6.45, 7) is 18.5. The van der Waals surface area contributed by atoms with Gasteiger partial charge in [0.2, 0.25) is 17.8 Å². The highest BCUT2D eigenvalue weighted by molar-refractivity contribution is 6.35. The number of piperazine rings is 2. The van der Waals surface area contributed by atoms with E-state index in [1.54, 1.807) is 14.2 Å². The Labute approximate surface area is 709 Å². The smallest absolute Gasteiger partial charge is 0.227 e. The number of methoxy groups -OCH3 is 2. The molecule has 18 rings (SSSR count). The summed E-state index contributed by atoms with van der Waals surface area (Å²) in [6.07, 6.45) is 15.6. The number of aromatic nitrogens is 6. The molecule has 117 heavy (non-hydrogen) atoms. The van der Waals surface area contributed by atoms with Gasteiger partial charge in [0.25, 0.3) is 0 Å². The Morgan fingerprint density at radius 3 is 0.966 bits per heavy atom. The minimum atomic E-state index is 0.123. The van der Waals surface area contributed by atoms with Crippen molar-refractivity contribution in [2.24, 2.45) is 0 Å². The van der Waals surface area contributed by atoms with Gasteiger partial charge in [-0.1, -0.05) is 204 Å². The number of hydrogen-bond donors (Lipinski definition) is 3. The maximum Gasteiger partial charge on any atom is 0.227 e. The van der Waals surface area contributed by atoms with E-state index in [9.17, 15) is 0 Å². The molecule has 3 saturated heterocycles. The predicted molar refractivity (Wildman–Crippen MR) is 479 cm³/mol. The molecular formula is C97H102Cl4N14O2. The van der Waals surface area contributed by atoms with Crippen LogP contribution in [0.3, 0.4) is 0 Å². The SMILES string of the molecule is COCCN1CCN(CCc2ccc(Nc3ncc4c(n3)-c3ccccc3C(c3ccc(Cl)cc3Cl)C4)cc2)CC1.COCCN1CCN(CCc2ccc(Nc3ncc4c(n3)-c3ccccc3[C@@H](c3ccccc3Cl)C4)cc2)CC1.Clc1ccccc1[C@H]1Cc2cnc(Nc3ccc(CCN4CCCCC4)cc3)nc2-c2ccccc21. The molecule has 16 nitrogen and oxygen atoms in total. The van der Waals surface area contributed by atoms with Crippen LogP contribution in [0.2, 0.25) is 20.1 Å². The minimum Gasteiger partial charge on any atom is -0.383 e. The van der Waals surface area contributed by atoms with Crippen LogP contribution in [0.25, 0.3) is 33.8 Å². The quantitative estimate of drug-likeness (QED) is 0.0526. The molecule has 6 heterocycles. The summed E-state index contributed by atoms with van der Waals surface area (Å²) in [5.74, 6) is 2.34. The standard InChI is InChI=1S/C33H35Cl2N5O.C33H36ClN5O.C31H31ClN4/c1-41-19-18-40-16-14-39(15-17-40)13-12-23-6-9-26(10-7-23)37-33-36-22-24-20-30(28-11-8-25(34)21-31(28)35)27-4-2-3-5-29(27)32(24)38-33;1-40-21-20-39-18-16-38(17-19-39)15-14-24-10-12-26(13-11-24)36-33-35-23-25-22-30(28-7-4-5-9-31(28)34)27-6-2-3-8-29(27)32(25)37-33;32-29-11-5-4-9-26(29)28-20-23-21-33-31(35-30(23)27-10-3-2-8-25(27)28)34-24-14-12-22(13-15-24)16-19-36-17-6-1-7-18-36/h2-11,21-22,30H,12-20H2,1H3,(H,36,37,38);2-13,23,30H,14-22H2,1H3,(H,35,36,37);2-5,8-15,21,28H,1,6-7,16-20H2,(H,33,34,35)/t;30-;28-/m.00/s1. The molecule has 3 atom stereocenters. The summed E-state index contributed by atoms with van der Waals surface area (Å²) in [6, 6.07) is 73.5. The zero-order chi connectivity index (χ0) is 79.8. The lowest BCUT2D eigenvalue weighted by atomic mass is 9.78. The van der Waals surface area contributed by atoms with Crippen LogP contribution < -0.4 is 16.0 Å². The highest BCUT2D eigenvalue weighted by Crippen LogP contribution is 2.48. The second kappa shape index (κ2) is 39.4. The van der Waals surface area contributed by atoms with Gasteiger partial charge in [-0.2, -0.15) is 0 Å². The van der Waals surface area contributed by atoms with E-state index in [0.717, 1.165) is 231 Å². The number of hydrogen-bond acceptors (Lipinski definition) is 16. The summed E-state index contributed by atoms with van der Waals surface area (Å²) in [5.41, 5.74) is 23.9. The lowest BCUT2D eigenvalue weighted by Crippen LogP contribution is -2.47. The summed E-state index contributed by atoms with van der Waals surface area (Å²) in [7, 11) is 3.54. The van der Waals surface area contributed by atoms with Gasteiger partial charge in [-0.15, -0.1) is 0 Å². The van der Waals surface area contributed by atoms with Crippen molar-refractivity contribution < 1.29 is 9.47 Å². The molecule has 0 bridgehead atoms. The monoisotopic (exact) mass is 1630 g/mol. The van der Waals surface area contributed by atoms with Crippen molar-refractivity contribution in [2.45, 2.75) is 75.5 Å². The second-order valence-electron chi connectivity index (χ2n) is 31.4. The Bertz CT molecular complexity index is 5310. The van der Waals surface area contributed by atoms with Crippen LogP contribution in [0.1, 0.15) is 104 Å². The van der Waals surface area contributed by atoms with Gasteiger partial charge in [0.05, 0.1) is 30.3 Å². The highest BCUT2D eigenvalue weighted by atomic mass is 35.5. The number of benzene rings is 9. The molecule has 3 aromatic heterocycles. The van der Waals surface area contributed by atoms with Gasteiger partial charge in [0.15, 0.2) is 0 Å². The summed E-state index contributed by atoms with van der Waals surface area (Å²) < 4.78 is 10.4. The normalized spacial score (nSPS) is 17.3. The van der Waals surface area contributed by atoms with Crippen molar-refractivity contribution in [2.75, 3.05) is 142 Å². The Hall–Kier alpha value is -9.50. The van der Waals surface area contributed by atoms with Crippen molar-refractivity contribution in [3.8, 4) is 33.8 Å². The molecule has 0 saturated carbocycles. The number of nitrogens with one attached hydrogen (secondary N) is 3. The van der Waals surface area contributed by atoms with Gasteiger partial charge < -0.3 is 40.1 Å². The molecule has 9 aromatic carbocycles. The van der Waals surface area contributed by atoms with Crippen molar-refractivity contribution in [3.05, 3.63) is 318 Å². The van der Waals surface area contributed by atoms with Crippen LogP contribution >= 0.6 is 46.4 Å². The molecule has 0 radical (unpaired) electrons. The lowest BCUT2D eigenvalue weighted by molar-refractivity contribution is 0.0975.